The summed E-state index contributed by atoms with van der Waals surface area (Å²) in [5.74, 6) is 0.379. The van der Waals surface area contributed by atoms with Gasteiger partial charge in [-0.05, 0) is 18.8 Å². The van der Waals surface area contributed by atoms with E-state index in [-0.39, 0.29) is 12.6 Å². The van der Waals surface area contributed by atoms with Crippen LogP contribution < -0.4 is 5.32 Å². The molecule has 0 bridgehead atoms. The van der Waals surface area contributed by atoms with Gasteiger partial charge in [0, 0.05) is 12.6 Å². The van der Waals surface area contributed by atoms with Crippen LogP contribution in [0, 0.1) is 5.92 Å². The largest absolute Gasteiger partial charge is 0.423 e. The molecule has 20 heavy (non-hydrogen) atoms. The molecule has 0 aromatic heterocycles. The van der Waals surface area contributed by atoms with Crippen molar-refractivity contribution in [2.24, 2.45) is 5.92 Å². The van der Waals surface area contributed by atoms with Gasteiger partial charge in [0.05, 0.1) is 6.61 Å². The van der Waals surface area contributed by atoms with Crippen LogP contribution >= 0.6 is 0 Å². The van der Waals surface area contributed by atoms with Crippen molar-refractivity contribution in [3.8, 4) is 0 Å². The first-order valence-corrected chi connectivity index (χ1v) is 6.61. The smallest absolute Gasteiger partial charge is 0.360 e. The second-order valence-corrected chi connectivity index (χ2v) is 5.16. The fourth-order valence-corrected chi connectivity index (χ4v) is 2.42. The van der Waals surface area contributed by atoms with Crippen molar-refractivity contribution >= 4 is 0 Å². The van der Waals surface area contributed by atoms with Gasteiger partial charge in [-0.2, -0.15) is 26.3 Å². The number of hydrogen-bond donors (Lipinski definition) is 1. The molecule has 1 fully saturated rings. The van der Waals surface area contributed by atoms with Crippen LogP contribution in [0.1, 0.15) is 32.6 Å². The molecule has 120 valence electrons. The van der Waals surface area contributed by atoms with Crippen molar-refractivity contribution in [3.63, 3.8) is 0 Å². The number of alkyl halides is 6. The molecule has 0 spiro atoms. The summed E-state index contributed by atoms with van der Waals surface area (Å²) in [5, 5.41) is 2.97. The Balaban J connectivity index is 2.34. The number of ether oxygens (including phenoxy) is 1. The number of rotatable bonds is 5. The number of hydrogen-bond acceptors (Lipinski definition) is 2. The second-order valence-electron chi connectivity index (χ2n) is 5.16. The van der Waals surface area contributed by atoms with Crippen LogP contribution in [-0.2, 0) is 4.74 Å². The van der Waals surface area contributed by atoms with Crippen LogP contribution in [0.25, 0.3) is 0 Å². The lowest BCUT2D eigenvalue weighted by molar-refractivity contribution is -0.321. The van der Waals surface area contributed by atoms with E-state index < -0.39 is 25.1 Å². The van der Waals surface area contributed by atoms with Gasteiger partial charge in [0.1, 0.15) is 0 Å². The lowest BCUT2D eigenvalue weighted by Crippen LogP contribution is -2.46. The van der Waals surface area contributed by atoms with Gasteiger partial charge in [-0.15, -0.1) is 0 Å². The van der Waals surface area contributed by atoms with Gasteiger partial charge in [0.25, 0.3) is 0 Å². The fraction of sp³-hybridized carbons (Fsp3) is 1.00. The van der Waals surface area contributed by atoms with E-state index in [1.54, 1.807) is 0 Å². The first kappa shape index (κ1) is 17.6. The van der Waals surface area contributed by atoms with Crippen LogP contribution in [0.5, 0.6) is 0 Å². The Bertz CT molecular complexity index is 277. The molecule has 0 heterocycles. The highest BCUT2D eigenvalue weighted by Gasteiger charge is 2.57. The zero-order valence-electron chi connectivity index (χ0n) is 11.2. The third-order valence-electron chi connectivity index (χ3n) is 3.50. The molecule has 1 N–H and O–H groups in total. The molecule has 2 nitrogen and oxygen atoms in total. The zero-order valence-corrected chi connectivity index (χ0v) is 11.2. The fourth-order valence-electron chi connectivity index (χ4n) is 2.42. The second kappa shape index (κ2) is 6.98. The van der Waals surface area contributed by atoms with E-state index in [1.165, 1.54) is 0 Å². The minimum Gasteiger partial charge on any atom is -0.360 e. The Hall–Kier alpha value is -0.500. The first-order valence-electron chi connectivity index (χ1n) is 6.61. The third-order valence-corrected chi connectivity index (χ3v) is 3.50. The maximum Gasteiger partial charge on any atom is 0.423 e. The van der Waals surface area contributed by atoms with Gasteiger partial charge in [-0.1, -0.05) is 19.8 Å². The molecule has 1 aliphatic rings. The Kier molecular flexibility index (Phi) is 6.12. The summed E-state index contributed by atoms with van der Waals surface area (Å²) >= 11 is 0. The highest BCUT2D eigenvalue weighted by molar-refractivity contribution is 4.79. The molecule has 0 saturated heterocycles. The summed E-state index contributed by atoms with van der Waals surface area (Å²) in [6.45, 7) is 1.39. The normalized spacial score (nSPS) is 25.2. The predicted molar refractivity (Wildman–Crippen MR) is 61.3 cm³/mol. The van der Waals surface area contributed by atoms with E-state index in [4.69, 9.17) is 0 Å². The Morgan fingerprint density at radius 2 is 1.60 bits per heavy atom. The molecule has 0 amide bonds. The Morgan fingerprint density at radius 3 is 2.10 bits per heavy atom. The molecule has 0 aromatic rings. The molecule has 2 unspecified atom stereocenters. The average Bonchev–Trinajstić information content (AvgIpc) is 2.27. The standard InChI is InChI=1S/C12H19F6NO/c1-8-4-2-3-5-9(8)19-6-7-20-10(11(13,14)15)12(16,17)18/h8-10,19H,2-7H2,1H3. The van der Waals surface area contributed by atoms with Crippen molar-refractivity contribution in [3.05, 3.63) is 0 Å². The van der Waals surface area contributed by atoms with Gasteiger partial charge < -0.3 is 10.1 Å². The van der Waals surface area contributed by atoms with E-state index in [9.17, 15) is 26.3 Å². The molecular weight excluding hydrogens is 288 g/mol. The van der Waals surface area contributed by atoms with Crippen molar-refractivity contribution in [1.82, 2.24) is 5.32 Å². The molecule has 1 aliphatic carbocycles. The molecule has 1 rings (SSSR count). The molecular formula is C12H19F6NO. The minimum absolute atomic E-state index is 0.0162. The molecule has 0 aliphatic heterocycles. The summed E-state index contributed by atoms with van der Waals surface area (Å²) in [6, 6.07) is 0.141. The zero-order chi connectivity index (χ0) is 15.4. The summed E-state index contributed by atoms with van der Waals surface area (Å²) in [4.78, 5) is 0. The summed E-state index contributed by atoms with van der Waals surface area (Å²) in [5.41, 5.74) is 0. The van der Waals surface area contributed by atoms with Gasteiger partial charge >= 0.3 is 12.4 Å². The lowest BCUT2D eigenvalue weighted by Gasteiger charge is -2.30. The van der Waals surface area contributed by atoms with Crippen molar-refractivity contribution in [1.29, 1.82) is 0 Å². The lowest BCUT2D eigenvalue weighted by atomic mass is 9.86. The van der Waals surface area contributed by atoms with Crippen LogP contribution in [0.2, 0.25) is 0 Å². The topological polar surface area (TPSA) is 21.3 Å². The molecule has 2 atom stereocenters. The number of nitrogens with one attached hydrogen (secondary N) is 1. The van der Waals surface area contributed by atoms with E-state index in [1.807, 2.05) is 6.92 Å². The highest BCUT2D eigenvalue weighted by Crippen LogP contribution is 2.35. The summed E-state index contributed by atoms with van der Waals surface area (Å²) < 4.78 is 77.2. The Labute approximate surface area is 113 Å². The van der Waals surface area contributed by atoms with E-state index in [0.717, 1.165) is 25.7 Å². The van der Waals surface area contributed by atoms with Crippen molar-refractivity contribution in [2.75, 3.05) is 13.2 Å². The maximum atomic E-state index is 12.2. The van der Waals surface area contributed by atoms with Gasteiger partial charge in [-0.25, -0.2) is 0 Å². The quantitative estimate of drug-likeness (QED) is 0.618. The molecule has 1 saturated carbocycles. The van der Waals surface area contributed by atoms with Crippen LogP contribution in [0.15, 0.2) is 0 Å². The average molecular weight is 307 g/mol. The van der Waals surface area contributed by atoms with Crippen molar-refractivity contribution in [2.45, 2.75) is 57.1 Å². The Morgan fingerprint density at radius 1 is 1.05 bits per heavy atom. The van der Waals surface area contributed by atoms with Crippen LogP contribution in [0.3, 0.4) is 0 Å². The highest BCUT2D eigenvalue weighted by atomic mass is 19.4. The minimum atomic E-state index is -5.43. The van der Waals surface area contributed by atoms with Crippen molar-refractivity contribution < 1.29 is 31.1 Å². The molecule has 8 heteroatoms. The monoisotopic (exact) mass is 307 g/mol. The first-order chi connectivity index (χ1) is 9.12. The van der Waals surface area contributed by atoms with Gasteiger partial charge in [-0.3, -0.25) is 0 Å². The van der Waals surface area contributed by atoms with Crippen LogP contribution in [0.4, 0.5) is 26.3 Å². The van der Waals surface area contributed by atoms with E-state index >= 15 is 0 Å². The van der Waals surface area contributed by atoms with E-state index in [0.29, 0.717) is 5.92 Å². The number of halogens is 6. The van der Waals surface area contributed by atoms with Crippen LogP contribution in [-0.4, -0.2) is 37.7 Å². The van der Waals surface area contributed by atoms with Gasteiger partial charge in [0.2, 0.25) is 6.10 Å². The third kappa shape index (κ3) is 5.47. The molecule has 0 radical (unpaired) electrons. The maximum absolute atomic E-state index is 12.2. The van der Waals surface area contributed by atoms with E-state index in [2.05, 4.69) is 10.1 Å². The summed E-state index contributed by atoms with van der Waals surface area (Å²) in [7, 11) is 0. The SMILES string of the molecule is CC1CCCCC1NCCOC(C(F)(F)F)C(F)(F)F. The van der Waals surface area contributed by atoms with Gasteiger partial charge in [0.15, 0.2) is 0 Å². The molecule has 0 aromatic carbocycles. The summed E-state index contributed by atoms with van der Waals surface area (Å²) in [6.07, 6.45) is -10.5. The predicted octanol–water partition coefficient (Wildman–Crippen LogP) is 3.66.